The Labute approximate surface area is 92.9 Å². The maximum atomic E-state index is 13.7. The molecule has 1 aromatic carbocycles. The molecule has 4 heteroatoms. The SMILES string of the molecule is Cc1cc(F)c(C)c(CCCC(=O)O)c1F. The molecule has 0 radical (unpaired) electrons. The van der Waals surface area contributed by atoms with Gasteiger partial charge in [-0.3, -0.25) is 4.79 Å². The quantitative estimate of drug-likeness (QED) is 0.860. The van der Waals surface area contributed by atoms with Crippen molar-refractivity contribution in [3.05, 3.63) is 34.4 Å². The molecule has 0 saturated heterocycles. The van der Waals surface area contributed by atoms with Crippen molar-refractivity contribution < 1.29 is 18.7 Å². The largest absolute Gasteiger partial charge is 0.481 e. The summed E-state index contributed by atoms with van der Waals surface area (Å²) in [5.74, 6) is -1.79. The predicted molar refractivity (Wildman–Crippen MR) is 56.4 cm³/mol. The number of aryl methyl sites for hydroxylation is 1. The highest BCUT2D eigenvalue weighted by Crippen LogP contribution is 2.22. The highest BCUT2D eigenvalue weighted by molar-refractivity contribution is 5.66. The minimum atomic E-state index is -0.925. The normalized spacial score (nSPS) is 10.5. The van der Waals surface area contributed by atoms with Gasteiger partial charge in [0.1, 0.15) is 11.6 Å². The fraction of sp³-hybridized carbons (Fsp3) is 0.417. The molecule has 0 aromatic heterocycles. The van der Waals surface area contributed by atoms with Crippen LogP contribution in [0.2, 0.25) is 0 Å². The fourth-order valence-electron chi connectivity index (χ4n) is 1.62. The molecular formula is C12H14F2O2. The molecule has 1 rings (SSSR count). The van der Waals surface area contributed by atoms with Crippen molar-refractivity contribution in [3.63, 3.8) is 0 Å². The molecule has 0 saturated carbocycles. The Bertz CT molecular complexity index is 388. The minimum absolute atomic E-state index is 0.0333. The molecule has 0 bridgehead atoms. The summed E-state index contributed by atoms with van der Waals surface area (Å²) in [6, 6.07) is 1.16. The van der Waals surface area contributed by atoms with Gasteiger partial charge in [0.25, 0.3) is 0 Å². The van der Waals surface area contributed by atoms with Gasteiger partial charge in [-0.25, -0.2) is 8.78 Å². The molecule has 88 valence electrons. The van der Waals surface area contributed by atoms with Crippen LogP contribution < -0.4 is 0 Å². The molecule has 2 nitrogen and oxygen atoms in total. The van der Waals surface area contributed by atoms with Crippen LogP contribution in [0.25, 0.3) is 0 Å². The van der Waals surface area contributed by atoms with Crippen LogP contribution in [0.4, 0.5) is 8.78 Å². The van der Waals surface area contributed by atoms with Crippen molar-refractivity contribution in [1.29, 1.82) is 0 Å². The van der Waals surface area contributed by atoms with Crippen LogP contribution in [0.1, 0.15) is 29.5 Å². The lowest BCUT2D eigenvalue weighted by molar-refractivity contribution is -0.137. The van der Waals surface area contributed by atoms with Crippen LogP contribution >= 0.6 is 0 Å². The van der Waals surface area contributed by atoms with Crippen molar-refractivity contribution in [3.8, 4) is 0 Å². The van der Waals surface area contributed by atoms with Gasteiger partial charge in [0.15, 0.2) is 0 Å². The molecule has 0 unspecified atom stereocenters. The van der Waals surface area contributed by atoms with Crippen LogP contribution in [-0.4, -0.2) is 11.1 Å². The first kappa shape index (κ1) is 12.6. The van der Waals surface area contributed by atoms with Crippen molar-refractivity contribution in [2.45, 2.75) is 33.1 Å². The summed E-state index contributed by atoms with van der Waals surface area (Å²) < 4.78 is 27.0. The number of hydrogen-bond donors (Lipinski definition) is 1. The van der Waals surface area contributed by atoms with E-state index in [0.717, 1.165) is 6.07 Å². The van der Waals surface area contributed by atoms with Gasteiger partial charge in [-0.15, -0.1) is 0 Å². The molecule has 0 atom stereocenters. The van der Waals surface area contributed by atoms with E-state index in [4.69, 9.17) is 5.11 Å². The summed E-state index contributed by atoms with van der Waals surface area (Å²) in [5, 5.41) is 8.47. The zero-order valence-electron chi connectivity index (χ0n) is 9.31. The van der Waals surface area contributed by atoms with Crippen LogP contribution in [-0.2, 0) is 11.2 Å². The smallest absolute Gasteiger partial charge is 0.303 e. The Morgan fingerprint density at radius 3 is 2.56 bits per heavy atom. The van der Waals surface area contributed by atoms with E-state index >= 15 is 0 Å². The van der Waals surface area contributed by atoms with E-state index in [1.807, 2.05) is 0 Å². The third kappa shape index (κ3) is 2.78. The summed E-state index contributed by atoms with van der Waals surface area (Å²) in [6.45, 7) is 3.01. The summed E-state index contributed by atoms with van der Waals surface area (Å²) in [5.41, 5.74) is 0.820. The van der Waals surface area contributed by atoms with Crippen LogP contribution in [0.5, 0.6) is 0 Å². The zero-order valence-corrected chi connectivity index (χ0v) is 9.31. The first-order valence-electron chi connectivity index (χ1n) is 5.09. The molecule has 1 aromatic rings. The van der Waals surface area contributed by atoms with E-state index in [1.165, 1.54) is 13.8 Å². The summed E-state index contributed by atoms with van der Waals surface area (Å²) in [6.07, 6.45) is 0.535. The van der Waals surface area contributed by atoms with Gasteiger partial charge in [0.2, 0.25) is 0 Å². The highest BCUT2D eigenvalue weighted by atomic mass is 19.1. The molecule has 0 heterocycles. The average Bonchev–Trinajstić information content (AvgIpc) is 2.20. The summed E-state index contributed by atoms with van der Waals surface area (Å²) >= 11 is 0. The Morgan fingerprint density at radius 2 is 2.00 bits per heavy atom. The number of halogens is 2. The number of benzene rings is 1. The molecule has 0 aliphatic rings. The lowest BCUT2D eigenvalue weighted by Gasteiger charge is -2.10. The number of rotatable bonds is 4. The standard InChI is InChI=1S/C12H14F2O2/c1-7-6-10(13)8(2)9(12(7)14)4-3-5-11(15)16/h6H,3-5H2,1-2H3,(H,15,16). The van der Waals surface area contributed by atoms with E-state index in [1.54, 1.807) is 0 Å². The molecule has 0 fully saturated rings. The van der Waals surface area contributed by atoms with E-state index in [9.17, 15) is 13.6 Å². The first-order chi connectivity index (χ1) is 7.43. The maximum absolute atomic E-state index is 13.7. The number of carboxylic acids is 1. The second-order valence-corrected chi connectivity index (χ2v) is 3.84. The second kappa shape index (κ2) is 5.05. The molecule has 0 aliphatic heterocycles. The highest BCUT2D eigenvalue weighted by Gasteiger charge is 2.13. The molecule has 0 amide bonds. The van der Waals surface area contributed by atoms with E-state index in [2.05, 4.69) is 0 Å². The fourth-order valence-corrected chi connectivity index (χ4v) is 1.62. The van der Waals surface area contributed by atoms with Crippen molar-refractivity contribution in [2.24, 2.45) is 0 Å². The average molecular weight is 228 g/mol. The second-order valence-electron chi connectivity index (χ2n) is 3.84. The number of carboxylic acid groups (broad SMARTS) is 1. The Morgan fingerprint density at radius 1 is 1.38 bits per heavy atom. The number of aliphatic carboxylic acids is 1. The Hall–Kier alpha value is -1.45. The van der Waals surface area contributed by atoms with Gasteiger partial charge in [-0.2, -0.15) is 0 Å². The van der Waals surface area contributed by atoms with Gasteiger partial charge in [-0.05, 0) is 49.4 Å². The Balaban J connectivity index is 2.90. The van der Waals surface area contributed by atoms with Gasteiger partial charge in [-0.1, -0.05) is 0 Å². The number of hydrogen-bond acceptors (Lipinski definition) is 1. The lowest BCUT2D eigenvalue weighted by atomic mass is 9.99. The predicted octanol–water partition coefficient (Wildman–Crippen LogP) is 2.99. The topological polar surface area (TPSA) is 37.3 Å². The zero-order chi connectivity index (χ0) is 12.3. The summed E-state index contributed by atoms with van der Waals surface area (Å²) in [7, 11) is 0. The number of carbonyl (C=O) groups is 1. The van der Waals surface area contributed by atoms with Crippen molar-refractivity contribution in [2.75, 3.05) is 0 Å². The molecule has 0 aliphatic carbocycles. The van der Waals surface area contributed by atoms with E-state index < -0.39 is 17.6 Å². The van der Waals surface area contributed by atoms with Crippen molar-refractivity contribution in [1.82, 2.24) is 0 Å². The van der Waals surface area contributed by atoms with Crippen LogP contribution in [0.3, 0.4) is 0 Å². The Kier molecular flexibility index (Phi) is 3.99. The third-order valence-corrected chi connectivity index (χ3v) is 2.58. The van der Waals surface area contributed by atoms with Gasteiger partial charge < -0.3 is 5.11 Å². The summed E-state index contributed by atoms with van der Waals surface area (Å²) in [4.78, 5) is 10.3. The molecular weight excluding hydrogens is 214 g/mol. The monoisotopic (exact) mass is 228 g/mol. The van der Waals surface area contributed by atoms with Gasteiger partial charge in [0.05, 0.1) is 0 Å². The molecule has 0 spiro atoms. The van der Waals surface area contributed by atoms with E-state index in [-0.39, 0.29) is 24.0 Å². The molecule has 16 heavy (non-hydrogen) atoms. The lowest BCUT2D eigenvalue weighted by Crippen LogP contribution is -2.03. The maximum Gasteiger partial charge on any atom is 0.303 e. The minimum Gasteiger partial charge on any atom is -0.481 e. The van der Waals surface area contributed by atoms with Gasteiger partial charge >= 0.3 is 5.97 Å². The molecule has 1 N–H and O–H groups in total. The third-order valence-electron chi connectivity index (χ3n) is 2.58. The first-order valence-corrected chi connectivity index (χ1v) is 5.09. The van der Waals surface area contributed by atoms with E-state index in [0.29, 0.717) is 12.0 Å². The van der Waals surface area contributed by atoms with Gasteiger partial charge in [0, 0.05) is 6.42 Å². The van der Waals surface area contributed by atoms with Crippen molar-refractivity contribution >= 4 is 5.97 Å². The van der Waals surface area contributed by atoms with Crippen LogP contribution in [0, 0.1) is 25.5 Å². The van der Waals surface area contributed by atoms with Crippen LogP contribution in [0.15, 0.2) is 6.07 Å².